The van der Waals surface area contributed by atoms with E-state index >= 15 is 0 Å². The lowest BCUT2D eigenvalue weighted by Gasteiger charge is -2.20. The number of hydrogen-bond acceptors (Lipinski definition) is 5. The van der Waals surface area contributed by atoms with Crippen molar-refractivity contribution < 1.29 is 34.5 Å². The van der Waals surface area contributed by atoms with Crippen molar-refractivity contribution in [1.82, 2.24) is 4.90 Å². The molecule has 0 saturated heterocycles. The van der Waals surface area contributed by atoms with E-state index in [0.717, 1.165) is 6.07 Å². The van der Waals surface area contributed by atoms with Crippen molar-refractivity contribution in [3.63, 3.8) is 0 Å². The highest BCUT2D eigenvalue weighted by molar-refractivity contribution is 5.98. The number of carboxylic acids is 2. The summed E-state index contributed by atoms with van der Waals surface area (Å²) in [5, 5.41) is 30.1. The second-order valence-electron chi connectivity index (χ2n) is 6.07. The molecule has 2 rings (SSSR count). The number of carbonyl (C=O) groups excluding carboxylic acids is 2. The molecular weight excluding hydrogens is 356 g/mol. The molecule has 9 heteroatoms. The third-order valence-corrected chi connectivity index (χ3v) is 4.03. The van der Waals surface area contributed by atoms with Crippen molar-refractivity contribution in [3.05, 3.63) is 41.5 Å². The van der Waals surface area contributed by atoms with Gasteiger partial charge in [0.15, 0.2) is 0 Å². The molecule has 9 nitrogen and oxygen atoms in total. The monoisotopic (exact) mass is 376 g/mol. The summed E-state index contributed by atoms with van der Waals surface area (Å²) in [6.07, 6.45) is 3.79. The molecule has 0 aromatic heterocycles. The highest BCUT2D eigenvalue weighted by atomic mass is 16.4. The fraction of sp³-hybridized carbons (Fsp3) is 0.333. The highest BCUT2D eigenvalue weighted by Gasteiger charge is 2.22. The number of rotatable bonds is 9. The first-order valence-electron chi connectivity index (χ1n) is 8.36. The number of aromatic carboxylic acids is 2. The minimum absolute atomic E-state index is 0.106. The van der Waals surface area contributed by atoms with Gasteiger partial charge in [-0.25, -0.2) is 9.59 Å². The number of amides is 2. The van der Waals surface area contributed by atoms with Crippen LogP contribution in [0.15, 0.2) is 30.4 Å². The van der Waals surface area contributed by atoms with Crippen molar-refractivity contribution in [2.45, 2.75) is 31.9 Å². The van der Waals surface area contributed by atoms with Gasteiger partial charge < -0.3 is 25.5 Å². The first kappa shape index (κ1) is 20.1. The van der Waals surface area contributed by atoms with E-state index in [2.05, 4.69) is 5.32 Å². The number of aliphatic hydroxyl groups excluding tert-OH is 1. The number of nitrogens with zero attached hydrogens (tertiary/aromatic N) is 1. The molecule has 1 aliphatic rings. The van der Waals surface area contributed by atoms with Gasteiger partial charge in [-0.05, 0) is 37.1 Å². The van der Waals surface area contributed by atoms with Gasteiger partial charge in [-0.1, -0.05) is 6.42 Å². The molecule has 0 spiro atoms. The average Bonchev–Trinajstić information content (AvgIpc) is 2.92. The van der Waals surface area contributed by atoms with Gasteiger partial charge in [0.2, 0.25) is 11.8 Å². The van der Waals surface area contributed by atoms with Crippen LogP contribution in [0.25, 0.3) is 0 Å². The number of unbranched alkanes of at least 4 members (excludes halogenated alkanes) is 2. The quantitative estimate of drug-likeness (QED) is 0.475. The number of anilines is 1. The van der Waals surface area contributed by atoms with Crippen LogP contribution in [0.3, 0.4) is 0 Å². The summed E-state index contributed by atoms with van der Waals surface area (Å²) in [5.41, 5.74) is -0.352. The van der Waals surface area contributed by atoms with E-state index in [4.69, 9.17) is 10.2 Å². The lowest BCUT2D eigenvalue weighted by Crippen LogP contribution is -2.34. The molecule has 1 unspecified atom stereocenters. The Balaban J connectivity index is 1.79. The molecule has 0 fully saturated rings. The van der Waals surface area contributed by atoms with Crippen LogP contribution in [0.5, 0.6) is 0 Å². The Morgan fingerprint density at radius 3 is 2.15 bits per heavy atom. The molecule has 1 heterocycles. The zero-order valence-electron chi connectivity index (χ0n) is 14.4. The van der Waals surface area contributed by atoms with Crippen LogP contribution in [-0.2, 0) is 9.59 Å². The van der Waals surface area contributed by atoms with Gasteiger partial charge in [0.25, 0.3) is 0 Å². The molecule has 0 bridgehead atoms. The number of aliphatic hydroxyl groups is 1. The van der Waals surface area contributed by atoms with Crippen LogP contribution in [-0.4, -0.2) is 56.7 Å². The minimum Gasteiger partial charge on any atom is -0.478 e. The molecule has 1 aromatic carbocycles. The van der Waals surface area contributed by atoms with Crippen LogP contribution in [0, 0.1) is 0 Å². The smallest absolute Gasteiger partial charge is 0.335 e. The summed E-state index contributed by atoms with van der Waals surface area (Å²) >= 11 is 0. The molecule has 0 saturated carbocycles. The summed E-state index contributed by atoms with van der Waals surface area (Å²) in [6.45, 7) is 0.386. The lowest BCUT2D eigenvalue weighted by molar-refractivity contribution is -0.130. The minimum atomic E-state index is -1.29. The summed E-state index contributed by atoms with van der Waals surface area (Å²) in [5.74, 6) is -3.19. The first-order chi connectivity index (χ1) is 12.8. The van der Waals surface area contributed by atoms with Crippen LogP contribution in [0.1, 0.15) is 46.4 Å². The topological polar surface area (TPSA) is 144 Å². The molecule has 0 radical (unpaired) electrons. The predicted octanol–water partition coefficient (Wildman–Crippen LogP) is 1.30. The van der Waals surface area contributed by atoms with Gasteiger partial charge in [0.1, 0.15) is 6.23 Å². The Morgan fingerprint density at radius 2 is 1.63 bits per heavy atom. The summed E-state index contributed by atoms with van der Waals surface area (Å²) in [7, 11) is 0. The van der Waals surface area contributed by atoms with Crippen molar-refractivity contribution in [2.75, 3.05) is 11.9 Å². The second kappa shape index (κ2) is 8.95. The third kappa shape index (κ3) is 5.65. The maximum atomic E-state index is 12.0. The van der Waals surface area contributed by atoms with E-state index in [9.17, 15) is 24.3 Å². The maximum Gasteiger partial charge on any atom is 0.335 e. The second-order valence-corrected chi connectivity index (χ2v) is 6.07. The zero-order valence-corrected chi connectivity index (χ0v) is 14.4. The van der Waals surface area contributed by atoms with Crippen molar-refractivity contribution in [1.29, 1.82) is 0 Å². The average molecular weight is 376 g/mol. The van der Waals surface area contributed by atoms with E-state index in [1.54, 1.807) is 0 Å². The van der Waals surface area contributed by atoms with Crippen molar-refractivity contribution in [3.8, 4) is 0 Å². The van der Waals surface area contributed by atoms with E-state index in [1.807, 2.05) is 0 Å². The summed E-state index contributed by atoms with van der Waals surface area (Å²) < 4.78 is 0. The lowest BCUT2D eigenvalue weighted by atomic mass is 10.1. The largest absolute Gasteiger partial charge is 0.478 e. The maximum absolute atomic E-state index is 12.0. The molecule has 27 heavy (non-hydrogen) atoms. The Bertz CT molecular complexity index is 756. The van der Waals surface area contributed by atoms with Crippen LogP contribution >= 0.6 is 0 Å². The molecular formula is C18H20N2O7. The van der Waals surface area contributed by atoms with Crippen molar-refractivity contribution in [2.24, 2.45) is 0 Å². The van der Waals surface area contributed by atoms with Gasteiger partial charge >= 0.3 is 11.9 Å². The number of hydrogen-bond donors (Lipinski definition) is 4. The molecule has 1 atom stereocenters. The van der Waals surface area contributed by atoms with Gasteiger partial charge in [0, 0.05) is 24.7 Å². The molecule has 2 amide bonds. The SMILES string of the molecule is O=C(CCCCCN1C(=O)C=CC1O)Nc1cc(C(=O)O)cc(C(=O)O)c1. The van der Waals surface area contributed by atoms with E-state index in [0.29, 0.717) is 25.8 Å². The van der Waals surface area contributed by atoms with Crippen LogP contribution in [0.2, 0.25) is 0 Å². The van der Waals surface area contributed by atoms with Gasteiger partial charge in [0.05, 0.1) is 11.1 Å². The van der Waals surface area contributed by atoms with Gasteiger partial charge in [-0.15, -0.1) is 0 Å². The molecule has 0 aliphatic carbocycles. The Kier molecular flexibility index (Phi) is 6.67. The number of nitrogens with one attached hydrogen (secondary N) is 1. The van der Waals surface area contributed by atoms with Crippen LogP contribution < -0.4 is 5.32 Å². The first-order valence-corrected chi connectivity index (χ1v) is 8.36. The summed E-state index contributed by atoms with van der Waals surface area (Å²) in [6, 6.07) is 3.41. The predicted molar refractivity (Wildman–Crippen MR) is 94.3 cm³/mol. The molecule has 4 N–H and O–H groups in total. The number of benzene rings is 1. The van der Waals surface area contributed by atoms with Gasteiger partial charge in [-0.2, -0.15) is 0 Å². The van der Waals surface area contributed by atoms with E-state index < -0.39 is 18.2 Å². The molecule has 144 valence electrons. The molecule has 1 aliphatic heterocycles. The standard InChI is InChI=1S/C18H20N2O7/c21-14(4-2-1-3-7-20-15(22)5-6-16(20)23)19-13-9-11(17(24)25)8-12(10-13)18(26)27/h5-6,8-10,15,22H,1-4,7H2,(H,19,21)(H,24,25)(H,26,27). The highest BCUT2D eigenvalue weighted by Crippen LogP contribution is 2.17. The van der Waals surface area contributed by atoms with Crippen LogP contribution in [0.4, 0.5) is 5.69 Å². The Hall–Kier alpha value is -3.20. The number of carbonyl (C=O) groups is 4. The fourth-order valence-electron chi connectivity index (χ4n) is 2.66. The van der Waals surface area contributed by atoms with Gasteiger partial charge in [-0.3, -0.25) is 9.59 Å². The normalized spacial score (nSPS) is 15.8. The Labute approximate surface area is 154 Å². The van der Waals surface area contributed by atoms with E-state index in [-0.39, 0.29) is 35.0 Å². The van der Waals surface area contributed by atoms with E-state index in [1.165, 1.54) is 29.2 Å². The Morgan fingerprint density at radius 1 is 1.00 bits per heavy atom. The third-order valence-electron chi connectivity index (χ3n) is 4.03. The number of carboxylic acid groups (broad SMARTS) is 2. The fourth-order valence-corrected chi connectivity index (χ4v) is 2.66. The van der Waals surface area contributed by atoms with Crippen molar-refractivity contribution >= 4 is 29.4 Å². The zero-order chi connectivity index (χ0) is 20.0. The molecule has 1 aromatic rings. The summed E-state index contributed by atoms with van der Waals surface area (Å²) in [4.78, 5) is 46.9.